The molecular formula is C30H37ClFN5O4. The molecule has 41 heavy (non-hydrogen) atoms. The van der Waals surface area contributed by atoms with Gasteiger partial charge in [0, 0.05) is 38.0 Å². The Hall–Kier alpha value is -3.50. The zero-order chi connectivity index (χ0) is 29.7. The Balaban J connectivity index is 1.58. The van der Waals surface area contributed by atoms with Crippen molar-refractivity contribution < 1.29 is 23.6 Å². The molecule has 2 aliphatic rings. The molecule has 1 saturated heterocycles. The second kappa shape index (κ2) is 13.0. The zero-order valence-corrected chi connectivity index (χ0v) is 24.1. The highest BCUT2D eigenvalue weighted by Crippen LogP contribution is 2.32. The van der Waals surface area contributed by atoms with E-state index >= 15 is 0 Å². The molecule has 3 unspecified atom stereocenters. The number of likely N-dealkylation sites (N-methyl/N-ethyl adjacent to an activating group) is 1. The molecule has 2 aromatic carbocycles. The summed E-state index contributed by atoms with van der Waals surface area (Å²) in [5.74, 6) is -1.86. The van der Waals surface area contributed by atoms with Gasteiger partial charge in [0.25, 0.3) is 0 Å². The van der Waals surface area contributed by atoms with Crippen molar-refractivity contribution in [1.29, 1.82) is 0 Å². The normalized spacial score (nSPS) is 19.3. The Bertz CT molecular complexity index is 1270. The van der Waals surface area contributed by atoms with Crippen LogP contribution in [0.4, 0.5) is 4.39 Å². The number of carbonyl (C=O) groups excluding carboxylic acids is 4. The number of amides is 4. The van der Waals surface area contributed by atoms with Crippen molar-refractivity contribution in [3.05, 3.63) is 70.5 Å². The number of carbonyl (C=O) groups is 4. The molecule has 0 bridgehead atoms. The predicted molar refractivity (Wildman–Crippen MR) is 153 cm³/mol. The van der Waals surface area contributed by atoms with E-state index in [0.717, 1.165) is 5.56 Å². The minimum Gasteiger partial charge on any atom is -0.357 e. The first-order valence-electron chi connectivity index (χ1n) is 14.0. The molecule has 3 atom stereocenters. The van der Waals surface area contributed by atoms with Gasteiger partial charge in [0.15, 0.2) is 0 Å². The Morgan fingerprint density at radius 2 is 1.66 bits per heavy atom. The van der Waals surface area contributed by atoms with Crippen molar-refractivity contribution >= 4 is 35.2 Å². The van der Waals surface area contributed by atoms with Crippen LogP contribution in [0.25, 0.3) is 0 Å². The lowest BCUT2D eigenvalue weighted by Crippen LogP contribution is -2.66. The van der Waals surface area contributed by atoms with Crippen LogP contribution in [0.15, 0.2) is 48.5 Å². The summed E-state index contributed by atoms with van der Waals surface area (Å²) >= 11 is 6.02. The number of hydrogen-bond donors (Lipinski definition) is 3. The van der Waals surface area contributed by atoms with Crippen LogP contribution in [-0.2, 0) is 32.0 Å². The summed E-state index contributed by atoms with van der Waals surface area (Å²) in [4.78, 5) is 56.8. The van der Waals surface area contributed by atoms with Gasteiger partial charge < -0.3 is 26.2 Å². The van der Waals surface area contributed by atoms with Crippen molar-refractivity contribution in [2.45, 2.75) is 69.1 Å². The third-order valence-electron chi connectivity index (χ3n) is 7.84. The fourth-order valence-corrected chi connectivity index (χ4v) is 5.33. The molecule has 2 fully saturated rings. The molecular weight excluding hydrogens is 549 g/mol. The van der Waals surface area contributed by atoms with Gasteiger partial charge in [-0.25, -0.2) is 4.39 Å². The SMILES string of the molecule is CCCC1C(=O)N(C(Cc2ccc(Cl)cc2)C(=O)NC)CCN1C(=O)C(Cc1ccc(F)cc1)NC(=O)C1(N)CC1. The molecule has 1 aliphatic heterocycles. The van der Waals surface area contributed by atoms with Crippen molar-refractivity contribution in [2.75, 3.05) is 20.1 Å². The largest absolute Gasteiger partial charge is 0.357 e. The number of halogens is 2. The fourth-order valence-electron chi connectivity index (χ4n) is 5.21. The molecule has 4 N–H and O–H groups in total. The highest BCUT2D eigenvalue weighted by molar-refractivity contribution is 6.30. The van der Waals surface area contributed by atoms with Crippen molar-refractivity contribution in [3.8, 4) is 0 Å². The van der Waals surface area contributed by atoms with Gasteiger partial charge >= 0.3 is 0 Å². The minimum absolute atomic E-state index is 0.117. The molecule has 1 saturated carbocycles. The molecule has 220 valence electrons. The second-order valence-corrected chi connectivity index (χ2v) is 11.3. The molecule has 11 heteroatoms. The van der Waals surface area contributed by atoms with Crippen LogP contribution >= 0.6 is 11.6 Å². The van der Waals surface area contributed by atoms with Crippen LogP contribution in [0.2, 0.25) is 5.02 Å². The summed E-state index contributed by atoms with van der Waals surface area (Å²) in [6, 6.07) is 10.3. The van der Waals surface area contributed by atoms with Gasteiger partial charge in [-0.1, -0.05) is 49.2 Å². The van der Waals surface area contributed by atoms with Crippen LogP contribution in [-0.4, -0.2) is 77.2 Å². The Kier molecular flexibility index (Phi) is 9.65. The molecule has 1 aliphatic carbocycles. The van der Waals surface area contributed by atoms with E-state index in [4.69, 9.17) is 17.3 Å². The van der Waals surface area contributed by atoms with Crippen molar-refractivity contribution in [2.24, 2.45) is 5.73 Å². The van der Waals surface area contributed by atoms with E-state index in [-0.39, 0.29) is 37.7 Å². The third kappa shape index (κ3) is 7.23. The van der Waals surface area contributed by atoms with E-state index in [0.29, 0.717) is 36.3 Å². The molecule has 0 radical (unpaired) electrons. The van der Waals surface area contributed by atoms with Gasteiger partial charge in [-0.15, -0.1) is 0 Å². The van der Waals surface area contributed by atoms with Gasteiger partial charge in [-0.2, -0.15) is 0 Å². The number of nitrogens with one attached hydrogen (secondary N) is 2. The maximum absolute atomic E-state index is 14.0. The van der Waals surface area contributed by atoms with Crippen LogP contribution in [0.3, 0.4) is 0 Å². The van der Waals surface area contributed by atoms with E-state index in [9.17, 15) is 23.6 Å². The monoisotopic (exact) mass is 585 g/mol. The summed E-state index contributed by atoms with van der Waals surface area (Å²) in [5.41, 5.74) is 6.61. The summed E-state index contributed by atoms with van der Waals surface area (Å²) < 4.78 is 13.5. The second-order valence-electron chi connectivity index (χ2n) is 10.8. The van der Waals surface area contributed by atoms with E-state index in [1.165, 1.54) is 24.1 Å². The van der Waals surface area contributed by atoms with E-state index in [2.05, 4.69) is 10.6 Å². The lowest BCUT2D eigenvalue weighted by atomic mass is 9.97. The maximum Gasteiger partial charge on any atom is 0.246 e. The Morgan fingerprint density at radius 1 is 1.05 bits per heavy atom. The van der Waals surface area contributed by atoms with Crippen LogP contribution in [0, 0.1) is 5.82 Å². The van der Waals surface area contributed by atoms with Gasteiger partial charge in [0.1, 0.15) is 23.9 Å². The molecule has 9 nitrogen and oxygen atoms in total. The van der Waals surface area contributed by atoms with E-state index in [1.54, 1.807) is 29.2 Å². The quantitative estimate of drug-likeness (QED) is 0.373. The van der Waals surface area contributed by atoms with Gasteiger partial charge in [-0.05, 0) is 54.7 Å². The average Bonchev–Trinajstić information content (AvgIpc) is 3.72. The number of hydrogen-bond acceptors (Lipinski definition) is 5. The number of piperazine rings is 1. The summed E-state index contributed by atoms with van der Waals surface area (Å²) in [6.07, 6.45) is 2.47. The topological polar surface area (TPSA) is 125 Å². The van der Waals surface area contributed by atoms with Crippen molar-refractivity contribution in [3.63, 3.8) is 0 Å². The van der Waals surface area contributed by atoms with E-state index < -0.39 is 41.3 Å². The van der Waals surface area contributed by atoms with E-state index in [1.807, 2.05) is 19.1 Å². The smallest absolute Gasteiger partial charge is 0.246 e. The highest BCUT2D eigenvalue weighted by Gasteiger charge is 2.48. The summed E-state index contributed by atoms with van der Waals surface area (Å²) in [5, 5.41) is 6.04. The molecule has 1 heterocycles. The van der Waals surface area contributed by atoms with Crippen molar-refractivity contribution in [1.82, 2.24) is 20.4 Å². The first-order chi connectivity index (χ1) is 19.6. The predicted octanol–water partition coefficient (Wildman–Crippen LogP) is 2.19. The van der Waals surface area contributed by atoms with Crippen LogP contribution in [0.1, 0.15) is 43.7 Å². The molecule has 4 rings (SSSR count). The molecule has 0 aromatic heterocycles. The fraction of sp³-hybridized carbons (Fsp3) is 0.467. The van der Waals surface area contributed by atoms with Gasteiger partial charge in [-0.3, -0.25) is 19.2 Å². The molecule has 0 spiro atoms. The van der Waals surface area contributed by atoms with Gasteiger partial charge in [0.05, 0.1) is 5.54 Å². The average molecular weight is 586 g/mol. The molecule has 2 aromatic rings. The first kappa shape index (κ1) is 30.5. The summed E-state index contributed by atoms with van der Waals surface area (Å²) in [6.45, 7) is 2.25. The number of nitrogens with zero attached hydrogens (tertiary/aromatic N) is 2. The lowest BCUT2D eigenvalue weighted by Gasteiger charge is -2.44. The Labute approximate surface area is 244 Å². The lowest BCUT2D eigenvalue weighted by molar-refractivity contribution is -0.157. The first-order valence-corrected chi connectivity index (χ1v) is 14.4. The van der Waals surface area contributed by atoms with Crippen LogP contribution in [0.5, 0.6) is 0 Å². The molecule has 4 amide bonds. The maximum atomic E-state index is 14.0. The number of benzene rings is 2. The Morgan fingerprint density at radius 3 is 2.24 bits per heavy atom. The number of nitrogens with two attached hydrogens (primary N) is 1. The number of rotatable bonds is 11. The zero-order valence-electron chi connectivity index (χ0n) is 23.4. The third-order valence-corrected chi connectivity index (χ3v) is 8.09. The van der Waals surface area contributed by atoms with Gasteiger partial charge in [0.2, 0.25) is 23.6 Å². The summed E-state index contributed by atoms with van der Waals surface area (Å²) in [7, 11) is 1.53. The standard InChI is InChI=1S/C30H37ClFN5O4/c1-3-4-24-28(40)37(25(26(38)34-2)18-20-5-9-21(31)10-6-20)16-15-36(24)27(39)23(35-29(41)30(33)13-14-30)17-19-7-11-22(32)12-8-19/h5-12,23-25H,3-4,13-18,33H2,1-2H3,(H,34,38)(H,35,41). The van der Waals surface area contributed by atoms with Crippen LogP contribution < -0.4 is 16.4 Å². The minimum atomic E-state index is -0.999. The highest BCUT2D eigenvalue weighted by atomic mass is 35.5.